The van der Waals surface area contributed by atoms with Gasteiger partial charge in [-0.05, 0) is 38.4 Å². The summed E-state index contributed by atoms with van der Waals surface area (Å²) in [5, 5.41) is 12.2. The fourth-order valence-electron chi connectivity index (χ4n) is 3.75. The SMILES string of the molecule is Cc1nc(Nc2ccc(C#N)nc2)cc(C2CCCCN2Cc2nccn2C)n1. The Kier molecular flexibility index (Phi) is 5.49. The molecule has 29 heavy (non-hydrogen) atoms. The number of hydrogen-bond donors (Lipinski definition) is 1. The molecule has 0 radical (unpaired) electrons. The first-order chi connectivity index (χ1) is 14.1. The lowest BCUT2D eigenvalue weighted by molar-refractivity contribution is 0.132. The Morgan fingerprint density at radius 3 is 2.86 bits per heavy atom. The molecule has 1 unspecified atom stereocenters. The molecular weight excluding hydrogens is 364 g/mol. The van der Waals surface area contributed by atoms with Crippen LogP contribution in [0.1, 0.15) is 48.3 Å². The molecule has 1 aliphatic rings. The number of hydrogen-bond acceptors (Lipinski definition) is 7. The zero-order chi connectivity index (χ0) is 20.2. The van der Waals surface area contributed by atoms with Crippen molar-refractivity contribution in [3.8, 4) is 6.07 Å². The quantitative estimate of drug-likeness (QED) is 0.717. The van der Waals surface area contributed by atoms with Crippen molar-refractivity contribution in [3.05, 3.63) is 59.8 Å². The van der Waals surface area contributed by atoms with Crippen LogP contribution in [0.15, 0.2) is 36.8 Å². The maximum Gasteiger partial charge on any atom is 0.140 e. The topological polar surface area (TPSA) is 95.5 Å². The molecular formula is C21H24N8. The molecule has 3 aromatic heterocycles. The van der Waals surface area contributed by atoms with Gasteiger partial charge in [0.05, 0.1) is 30.2 Å². The number of rotatable bonds is 5. The first-order valence-electron chi connectivity index (χ1n) is 9.81. The fraction of sp³-hybridized carbons (Fsp3) is 0.381. The van der Waals surface area contributed by atoms with E-state index in [0.717, 1.165) is 48.4 Å². The standard InChI is InChI=1S/C21H24N8/c1-15-25-18(11-20(26-15)27-17-7-6-16(12-22)24-13-17)19-5-3-4-9-29(19)14-21-23-8-10-28(21)2/h6-8,10-11,13,19H,3-5,9,14H2,1-2H3,(H,25,26,27). The highest BCUT2D eigenvalue weighted by Crippen LogP contribution is 2.32. The van der Waals surface area contributed by atoms with Gasteiger partial charge in [-0.25, -0.2) is 19.9 Å². The van der Waals surface area contributed by atoms with E-state index < -0.39 is 0 Å². The number of anilines is 2. The average Bonchev–Trinajstić information content (AvgIpc) is 3.13. The minimum absolute atomic E-state index is 0.238. The fourth-order valence-corrected chi connectivity index (χ4v) is 3.75. The van der Waals surface area contributed by atoms with Crippen molar-refractivity contribution < 1.29 is 0 Å². The number of nitriles is 1. The third kappa shape index (κ3) is 4.41. The van der Waals surface area contributed by atoms with E-state index in [0.29, 0.717) is 5.69 Å². The average molecular weight is 388 g/mol. The number of imidazole rings is 1. The summed E-state index contributed by atoms with van der Waals surface area (Å²) in [5.74, 6) is 2.53. The summed E-state index contributed by atoms with van der Waals surface area (Å²) in [6.45, 7) is 3.75. The molecule has 8 nitrogen and oxygen atoms in total. The van der Waals surface area contributed by atoms with Crippen LogP contribution < -0.4 is 5.32 Å². The monoisotopic (exact) mass is 388 g/mol. The highest BCUT2D eigenvalue weighted by Gasteiger charge is 2.26. The van der Waals surface area contributed by atoms with E-state index in [2.05, 4.69) is 29.7 Å². The number of aryl methyl sites for hydroxylation is 2. The van der Waals surface area contributed by atoms with Crippen molar-refractivity contribution in [3.63, 3.8) is 0 Å². The van der Waals surface area contributed by atoms with Crippen molar-refractivity contribution in [2.24, 2.45) is 7.05 Å². The Hall–Kier alpha value is -3.31. The molecule has 0 aliphatic carbocycles. The molecule has 1 fully saturated rings. The number of aromatic nitrogens is 5. The molecule has 8 heteroatoms. The van der Waals surface area contributed by atoms with Crippen LogP contribution in [0, 0.1) is 18.3 Å². The molecule has 0 bridgehead atoms. The zero-order valence-corrected chi connectivity index (χ0v) is 16.7. The lowest BCUT2D eigenvalue weighted by atomic mass is 9.99. The number of likely N-dealkylation sites (tertiary alicyclic amines) is 1. The van der Waals surface area contributed by atoms with E-state index in [4.69, 9.17) is 10.2 Å². The predicted octanol–water partition coefficient (Wildman–Crippen LogP) is 3.26. The first-order valence-corrected chi connectivity index (χ1v) is 9.81. The Morgan fingerprint density at radius 1 is 1.24 bits per heavy atom. The molecule has 4 heterocycles. The van der Waals surface area contributed by atoms with Crippen molar-refractivity contribution in [1.82, 2.24) is 29.4 Å². The molecule has 1 atom stereocenters. The van der Waals surface area contributed by atoms with Gasteiger partial charge in [0, 0.05) is 25.5 Å². The van der Waals surface area contributed by atoms with Gasteiger partial charge in [-0.3, -0.25) is 4.90 Å². The number of pyridine rings is 1. The molecule has 1 aliphatic heterocycles. The summed E-state index contributed by atoms with van der Waals surface area (Å²) < 4.78 is 2.07. The number of piperidine rings is 1. The van der Waals surface area contributed by atoms with Crippen molar-refractivity contribution in [1.29, 1.82) is 5.26 Å². The molecule has 0 aromatic carbocycles. The summed E-state index contributed by atoms with van der Waals surface area (Å²) >= 11 is 0. The van der Waals surface area contributed by atoms with Gasteiger partial charge in [-0.15, -0.1) is 0 Å². The van der Waals surface area contributed by atoms with Gasteiger partial charge < -0.3 is 9.88 Å². The van der Waals surface area contributed by atoms with E-state index in [1.165, 1.54) is 12.8 Å². The molecule has 0 saturated carbocycles. The Labute approximate surface area is 170 Å². The summed E-state index contributed by atoms with van der Waals surface area (Å²) in [6.07, 6.45) is 8.91. The van der Waals surface area contributed by atoms with Crippen LogP contribution in [0.25, 0.3) is 0 Å². The normalized spacial score (nSPS) is 17.1. The Morgan fingerprint density at radius 2 is 2.14 bits per heavy atom. The van der Waals surface area contributed by atoms with E-state index in [-0.39, 0.29) is 6.04 Å². The Balaban J connectivity index is 1.57. The highest BCUT2D eigenvalue weighted by atomic mass is 15.2. The molecule has 3 aromatic rings. The third-order valence-electron chi connectivity index (χ3n) is 5.23. The summed E-state index contributed by atoms with van der Waals surface area (Å²) in [5.41, 5.74) is 2.21. The van der Waals surface area contributed by atoms with Crippen molar-refractivity contribution in [2.75, 3.05) is 11.9 Å². The van der Waals surface area contributed by atoms with E-state index in [1.807, 2.05) is 44.6 Å². The van der Waals surface area contributed by atoms with Crippen molar-refractivity contribution >= 4 is 11.5 Å². The van der Waals surface area contributed by atoms with Gasteiger partial charge in [-0.2, -0.15) is 5.26 Å². The Bertz CT molecular complexity index is 1020. The van der Waals surface area contributed by atoms with Crippen LogP contribution in [0.2, 0.25) is 0 Å². The van der Waals surface area contributed by atoms with Gasteiger partial charge in [0.15, 0.2) is 0 Å². The van der Waals surface area contributed by atoms with Gasteiger partial charge >= 0.3 is 0 Å². The minimum Gasteiger partial charge on any atom is -0.339 e. The minimum atomic E-state index is 0.238. The smallest absolute Gasteiger partial charge is 0.140 e. The lowest BCUT2D eigenvalue weighted by Crippen LogP contribution is -2.34. The van der Waals surface area contributed by atoms with Crippen LogP contribution in [-0.4, -0.2) is 35.9 Å². The highest BCUT2D eigenvalue weighted by molar-refractivity contribution is 5.55. The molecule has 1 saturated heterocycles. The van der Waals surface area contributed by atoms with Gasteiger partial charge in [0.1, 0.15) is 29.2 Å². The van der Waals surface area contributed by atoms with E-state index in [9.17, 15) is 0 Å². The molecule has 4 rings (SSSR count). The number of nitrogens with zero attached hydrogens (tertiary/aromatic N) is 7. The van der Waals surface area contributed by atoms with Gasteiger partial charge in [-0.1, -0.05) is 6.42 Å². The van der Waals surface area contributed by atoms with E-state index in [1.54, 1.807) is 12.3 Å². The van der Waals surface area contributed by atoms with Gasteiger partial charge in [0.25, 0.3) is 0 Å². The molecule has 148 valence electrons. The lowest BCUT2D eigenvalue weighted by Gasteiger charge is -2.35. The largest absolute Gasteiger partial charge is 0.339 e. The van der Waals surface area contributed by atoms with Crippen LogP contribution in [0.4, 0.5) is 11.5 Å². The van der Waals surface area contributed by atoms with Crippen LogP contribution in [0.5, 0.6) is 0 Å². The van der Waals surface area contributed by atoms with Crippen LogP contribution >= 0.6 is 0 Å². The predicted molar refractivity (Wildman–Crippen MR) is 109 cm³/mol. The summed E-state index contributed by atoms with van der Waals surface area (Å²) in [7, 11) is 2.03. The molecule has 0 amide bonds. The molecule has 1 N–H and O–H groups in total. The van der Waals surface area contributed by atoms with E-state index >= 15 is 0 Å². The maximum atomic E-state index is 8.90. The van der Waals surface area contributed by atoms with Crippen molar-refractivity contribution in [2.45, 2.75) is 38.8 Å². The second kappa shape index (κ2) is 8.37. The maximum absolute atomic E-state index is 8.90. The second-order valence-corrected chi connectivity index (χ2v) is 7.33. The summed E-state index contributed by atoms with van der Waals surface area (Å²) in [4.78, 5) is 20.3. The van der Waals surface area contributed by atoms with Crippen LogP contribution in [0.3, 0.4) is 0 Å². The zero-order valence-electron chi connectivity index (χ0n) is 16.7. The second-order valence-electron chi connectivity index (χ2n) is 7.33. The molecule has 0 spiro atoms. The summed E-state index contributed by atoms with van der Waals surface area (Å²) in [6, 6.07) is 7.80. The third-order valence-corrected chi connectivity index (χ3v) is 5.23. The number of nitrogens with one attached hydrogen (secondary N) is 1. The van der Waals surface area contributed by atoms with Gasteiger partial charge in [0.2, 0.25) is 0 Å². The van der Waals surface area contributed by atoms with Crippen LogP contribution in [-0.2, 0) is 13.6 Å². The first kappa shape index (κ1) is 19.0.